The smallest absolute Gasteiger partial charge is 0.326 e. The lowest BCUT2D eigenvalue weighted by atomic mass is 10.3. The van der Waals surface area contributed by atoms with E-state index in [0.717, 1.165) is 10.2 Å². The number of nitrogens with zero attached hydrogens (tertiary/aromatic N) is 2. The number of carbonyl (C=O) groups is 1. The number of hydrogen-bond donors (Lipinski definition) is 2. The van der Waals surface area contributed by atoms with E-state index in [1.807, 2.05) is 18.2 Å². The molecule has 2 aromatic heterocycles. The van der Waals surface area contributed by atoms with Crippen molar-refractivity contribution in [3.63, 3.8) is 0 Å². The van der Waals surface area contributed by atoms with Crippen LogP contribution >= 0.6 is 11.3 Å². The highest BCUT2D eigenvalue weighted by atomic mass is 32.1. The highest BCUT2D eigenvalue weighted by Gasteiger charge is 2.11. The molecule has 0 saturated carbocycles. The van der Waals surface area contributed by atoms with E-state index < -0.39 is 0 Å². The number of urea groups is 1. The monoisotopic (exact) mass is 300 g/mol. The molecule has 0 aliphatic rings. The zero-order valence-corrected chi connectivity index (χ0v) is 12.0. The number of amides is 2. The van der Waals surface area contributed by atoms with Gasteiger partial charge in [-0.2, -0.15) is 0 Å². The summed E-state index contributed by atoms with van der Waals surface area (Å²) in [4.78, 5) is 20.3. The largest absolute Gasteiger partial charge is 0.494 e. The summed E-state index contributed by atoms with van der Waals surface area (Å²) < 4.78 is 6.19. The summed E-state index contributed by atoms with van der Waals surface area (Å²) in [7, 11) is 1.59. The number of pyridine rings is 1. The highest BCUT2D eigenvalue weighted by Crippen LogP contribution is 2.32. The molecule has 106 valence electrons. The van der Waals surface area contributed by atoms with Crippen LogP contribution in [0.4, 0.5) is 15.7 Å². The summed E-state index contributed by atoms with van der Waals surface area (Å²) in [6.45, 7) is 0. The SMILES string of the molecule is COc1cccc2sc(NC(=O)Nc3ccccn3)nc12. The lowest BCUT2D eigenvalue weighted by molar-refractivity contribution is 0.262. The Kier molecular flexibility index (Phi) is 3.65. The molecule has 0 fully saturated rings. The van der Waals surface area contributed by atoms with Crippen LogP contribution in [0, 0.1) is 0 Å². The molecule has 2 heterocycles. The van der Waals surface area contributed by atoms with Gasteiger partial charge >= 0.3 is 6.03 Å². The Morgan fingerprint density at radius 1 is 1.19 bits per heavy atom. The fourth-order valence-corrected chi connectivity index (χ4v) is 2.70. The number of ether oxygens (including phenoxy) is 1. The van der Waals surface area contributed by atoms with Crippen molar-refractivity contribution < 1.29 is 9.53 Å². The van der Waals surface area contributed by atoms with Crippen molar-refractivity contribution in [3.05, 3.63) is 42.6 Å². The molecule has 0 atom stereocenters. The minimum absolute atomic E-state index is 0.383. The summed E-state index contributed by atoms with van der Waals surface area (Å²) in [5.41, 5.74) is 0.734. The number of para-hydroxylation sites is 1. The number of methoxy groups -OCH3 is 1. The van der Waals surface area contributed by atoms with E-state index in [2.05, 4.69) is 20.6 Å². The van der Waals surface area contributed by atoms with Gasteiger partial charge in [-0.15, -0.1) is 0 Å². The van der Waals surface area contributed by atoms with Crippen LogP contribution in [0.15, 0.2) is 42.6 Å². The van der Waals surface area contributed by atoms with E-state index in [1.165, 1.54) is 11.3 Å². The van der Waals surface area contributed by atoms with E-state index in [9.17, 15) is 4.79 Å². The number of anilines is 2. The minimum atomic E-state index is -0.383. The Hall–Kier alpha value is -2.67. The Balaban J connectivity index is 1.77. The van der Waals surface area contributed by atoms with Crippen molar-refractivity contribution in [3.8, 4) is 5.75 Å². The molecule has 7 heteroatoms. The van der Waals surface area contributed by atoms with Crippen LogP contribution in [-0.4, -0.2) is 23.1 Å². The van der Waals surface area contributed by atoms with Crippen molar-refractivity contribution in [1.29, 1.82) is 0 Å². The van der Waals surface area contributed by atoms with Gasteiger partial charge < -0.3 is 4.74 Å². The summed E-state index contributed by atoms with van der Waals surface area (Å²) in [6, 6.07) is 10.6. The summed E-state index contributed by atoms with van der Waals surface area (Å²) >= 11 is 1.38. The number of aromatic nitrogens is 2. The van der Waals surface area contributed by atoms with Gasteiger partial charge in [-0.1, -0.05) is 23.5 Å². The number of benzene rings is 1. The molecule has 21 heavy (non-hydrogen) atoms. The van der Waals surface area contributed by atoms with Crippen molar-refractivity contribution in [2.75, 3.05) is 17.7 Å². The Bertz CT molecular complexity index is 773. The molecular weight excluding hydrogens is 288 g/mol. The van der Waals surface area contributed by atoms with Crippen LogP contribution in [0.1, 0.15) is 0 Å². The van der Waals surface area contributed by atoms with Gasteiger partial charge in [0.05, 0.1) is 11.8 Å². The van der Waals surface area contributed by atoms with E-state index in [-0.39, 0.29) is 6.03 Å². The molecule has 0 saturated heterocycles. The van der Waals surface area contributed by atoms with Gasteiger partial charge in [0, 0.05) is 6.20 Å². The molecule has 0 unspecified atom stereocenters. The molecule has 1 aromatic carbocycles. The standard InChI is InChI=1S/C14H12N4O2S/c1-20-9-5-4-6-10-12(9)17-14(21-10)18-13(19)16-11-7-2-3-8-15-11/h2-8H,1H3,(H2,15,16,17,18,19). The van der Waals surface area contributed by atoms with E-state index >= 15 is 0 Å². The van der Waals surface area contributed by atoms with Crippen LogP contribution in [0.5, 0.6) is 5.75 Å². The third kappa shape index (κ3) is 2.92. The zero-order valence-electron chi connectivity index (χ0n) is 11.2. The van der Waals surface area contributed by atoms with Gasteiger partial charge in [0.2, 0.25) is 0 Å². The number of rotatable bonds is 3. The van der Waals surface area contributed by atoms with Gasteiger partial charge in [-0.25, -0.2) is 14.8 Å². The van der Waals surface area contributed by atoms with Gasteiger partial charge in [-0.05, 0) is 24.3 Å². The van der Waals surface area contributed by atoms with Crippen LogP contribution < -0.4 is 15.4 Å². The van der Waals surface area contributed by atoms with E-state index in [4.69, 9.17) is 4.74 Å². The molecule has 3 rings (SSSR count). The number of fused-ring (bicyclic) bond motifs is 1. The molecular formula is C14H12N4O2S. The third-order valence-electron chi connectivity index (χ3n) is 2.73. The quantitative estimate of drug-likeness (QED) is 0.777. The number of thiazole rings is 1. The zero-order chi connectivity index (χ0) is 14.7. The predicted molar refractivity (Wildman–Crippen MR) is 83.1 cm³/mol. The number of carbonyl (C=O) groups excluding carboxylic acids is 1. The molecule has 2 amide bonds. The summed E-state index contributed by atoms with van der Waals surface area (Å²) in [5.74, 6) is 1.16. The predicted octanol–water partition coefficient (Wildman–Crippen LogP) is 3.34. The van der Waals surface area contributed by atoms with Gasteiger partial charge in [0.1, 0.15) is 17.1 Å². The number of nitrogens with one attached hydrogen (secondary N) is 2. The van der Waals surface area contributed by atoms with Crippen molar-refractivity contribution in [1.82, 2.24) is 9.97 Å². The average Bonchev–Trinajstić information content (AvgIpc) is 2.90. The second-order valence-corrected chi connectivity index (χ2v) is 5.15. The van der Waals surface area contributed by atoms with Crippen LogP contribution in [-0.2, 0) is 0 Å². The summed E-state index contributed by atoms with van der Waals surface area (Å²) in [5, 5.41) is 5.83. The van der Waals surface area contributed by atoms with Crippen LogP contribution in [0.3, 0.4) is 0 Å². The van der Waals surface area contributed by atoms with Crippen LogP contribution in [0.2, 0.25) is 0 Å². The minimum Gasteiger partial charge on any atom is -0.494 e. The lowest BCUT2D eigenvalue weighted by Gasteiger charge is -2.03. The first-order valence-corrected chi connectivity index (χ1v) is 7.00. The molecule has 2 N–H and O–H groups in total. The molecule has 0 bridgehead atoms. The molecule has 0 radical (unpaired) electrons. The topological polar surface area (TPSA) is 76.1 Å². The van der Waals surface area contributed by atoms with Crippen LogP contribution in [0.25, 0.3) is 10.2 Å². The van der Waals surface area contributed by atoms with Crippen molar-refractivity contribution in [2.24, 2.45) is 0 Å². The Labute approximate surface area is 124 Å². The highest BCUT2D eigenvalue weighted by molar-refractivity contribution is 7.22. The van der Waals surface area contributed by atoms with E-state index in [1.54, 1.807) is 31.5 Å². The molecule has 0 spiro atoms. The first-order chi connectivity index (χ1) is 10.3. The van der Waals surface area contributed by atoms with Gasteiger partial charge in [-0.3, -0.25) is 10.6 Å². The average molecular weight is 300 g/mol. The van der Waals surface area contributed by atoms with Gasteiger partial charge in [0.15, 0.2) is 5.13 Å². The molecule has 0 aliphatic carbocycles. The number of hydrogen-bond acceptors (Lipinski definition) is 5. The fraction of sp³-hybridized carbons (Fsp3) is 0.0714. The second kappa shape index (κ2) is 5.76. The van der Waals surface area contributed by atoms with Crippen molar-refractivity contribution in [2.45, 2.75) is 0 Å². The first-order valence-electron chi connectivity index (χ1n) is 6.19. The normalized spacial score (nSPS) is 10.3. The maximum atomic E-state index is 11.9. The van der Waals surface area contributed by atoms with Crippen molar-refractivity contribution >= 4 is 38.5 Å². The maximum Gasteiger partial charge on any atom is 0.326 e. The first kappa shape index (κ1) is 13.3. The third-order valence-corrected chi connectivity index (χ3v) is 3.66. The fourth-order valence-electron chi connectivity index (χ4n) is 1.82. The lowest BCUT2D eigenvalue weighted by Crippen LogP contribution is -2.19. The summed E-state index contributed by atoms with van der Waals surface area (Å²) in [6.07, 6.45) is 1.61. The van der Waals surface area contributed by atoms with E-state index in [0.29, 0.717) is 16.7 Å². The Morgan fingerprint density at radius 3 is 2.86 bits per heavy atom. The maximum absolute atomic E-state index is 11.9. The molecule has 0 aliphatic heterocycles. The second-order valence-electron chi connectivity index (χ2n) is 4.12. The molecule has 3 aromatic rings. The van der Waals surface area contributed by atoms with Gasteiger partial charge in [0.25, 0.3) is 0 Å². The molecule has 6 nitrogen and oxygen atoms in total. The Morgan fingerprint density at radius 2 is 2.10 bits per heavy atom.